The van der Waals surface area contributed by atoms with Crippen molar-refractivity contribution in [2.24, 2.45) is 0 Å². The van der Waals surface area contributed by atoms with Gasteiger partial charge >= 0.3 is 6.03 Å². The standard InChI is InChI=1S/C17H16ClFN4O3/c1-10(24)21-15-8-13(6-7-14(15)19)23-17(26)20-9-16(25)22-12-4-2-11(18)3-5-12/h2-8H,9H2,1H3,(H,21,24)(H,22,25)(H2,20,23,26). The molecule has 9 heteroatoms. The lowest BCUT2D eigenvalue weighted by atomic mass is 10.2. The zero-order valence-corrected chi connectivity index (χ0v) is 14.5. The molecule has 2 rings (SSSR count). The Balaban J connectivity index is 1.85. The topological polar surface area (TPSA) is 99.3 Å². The van der Waals surface area contributed by atoms with Gasteiger partial charge in [0.15, 0.2) is 0 Å². The summed E-state index contributed by atoms with van der Waals surface area (Å²) in [5.41, 5.74) is 0.738. The zero-order valence-electron chi connectivity index (χ0n) is 13.7. The van der Waals surface area contributed by atoms with Gasteiger partial charge in [0.25, 0.3) is 0 Å². The average Bonchev–Trinajstić information content (AvgIpc) is 2.58. The normalized spacial score (nSPS) is 9.96. The molecular formula is C17H16ClFN4O3. The van der Waals surface area contributed by atoms with Gasteiger partial charge in [-0.15, -0.1) is 0 Å². The molecule has 4 N–H and O–H groups in total. The zero-order chi connectivity index (χ0) is 19.1. The van der Waals surface area contributed by atoms with Crippen molar-refractivity contribution >= 4 is 46.5 Å². The van der Waals surface area contributed by atoms with Gasteiger partial charge in [0, 0.05) is 23.3 Å². The lowest BCUT2D eigenvalue weighted by Crippen LogP contribution is -2.35. The number of hydrogen-bond acceptors (Lipinski definition) is 3. The highest BCUT2D eigenvalue weighted by Gasteiger charge is 2.09. The summed E-state index contributed by atoms with van der Waals surface area (Å²) in [7, 11) is 0. The van der Waals surface area contributed by atoms with Crippen molar-refractivity contribution in [2.45, 2.75) is 6.92 Å². The number of amides is 4. The van der Waals surface area contributed by atoms with Crippen molar-refractivity contribution in [3.8, 4) is 0 Å². The molecule has 2 aromatic rings. The number of hydrogen-bond donors (Lipinski definition) is 4. The minimum atomic E-state index is -0.656. The fourth-order valence-electron chi connectivity index (χ4n) is 1.96. The van der Waals surface area contributed by atoms with E-state index in [1.54, 1.807) is 24.3 Å². The van der Waals surface area contributed by atoms with E-state index >= 15 is 0 Å². The highest BCUT2D eigenvalue weighted by molar-refractivity contribution is 6.30. The summed E-state index contributed by atoms with van der Waals surface area (Å²) in [6.07, 6.45) is 0. The molecule has 0 saturated carbocycles. The molecule has 0 unspecified atom stereocenters. The fourth-order valence-corrected chi connectivity index (χ4v) is 2.09. The third-order valence-corrected chi connectivity index (χ3v) is 3.32. The summed E-state index contributed by atoms with van der Waals surface area (Å²) in [6, 6.07) is 9.55. The molecule has 0 radical (unpaired) electrons. The highest BCUT2D eigenvalue weighted by Crippen LogP contribution is 2.19. The molecule has 0 heterocycles. The maximum Gasteiger partial charge on any atom is 0.319 e. The van der Waals surface area contributed by atoms with Crippen LogP contribution in [0.2, 0.25) is 5.02 Å². The van der Waals surface area contributed by atoms with Gasteiger partial charge < -0.3 is 21.3 Å². The molecule has 136 valence electrons. The molecule has 0 aliphatic heterocycles. The van der Waals surface area contributed by atoms with Crippen LogP contribution in [0.25, 0.3) is 0 Å². The van der Waals surface area contributed by atoms with E-state index in [4.69, 9.17) is 11.6 Å². The Hall–Kier alpha value is -3.13. The van der Waals surface area contributed by atoms with E-state index in [9.17, 15) is 18.8 Å². The third kappa shape index (κ3) is 6.06. The lowest BCUT2D eigenvalue weighted by Gasteiger charge is -2.10. The van der Waals surface area contributed by atoms with Crippen LogP contribution in [0.4, 0.5) is 26.2 Å². The molecule has 4 amide bonds. The van der Waals surface area contributed by atoms with Crippen molar-refractivity contribution in [3.63, 3.8) is 0 Å². The first-order valence-electron chi connectivity index (χ1n) is 7.51. The van der Waals surface area contributed by atoms with Gasteiger partial charge in [-0.1, -0.05) is 11.6 Å². The largest absolute Gasteiger partial charge is 0.329 e. The van der Waals surface area contributed by atoms with E-state index < -0.39 is 23.7 Å². The lowest BCUT2D eigenvalue weighted by molar-refractivity contribution is -0.115. The fraction of sp³-hybridized carbons (Fsp3) is 0.118. The second-order valence-corrected chi connectivity index (χ2v) is 5.67. The van der Waals surface area contributed by atoms with Gasteiger partial charge in [-0.25, -0.2) is 9.18 Å². The van der Waals surface area contributed by atoms with Gasteiger partial charge in [-0.05, 0) is 42.5 Å². The Labute approximate surface area is 153 Å². The van der Waals surface area contributed by atoms with Crippen molar-refractivity contribution in [1.82, 2.24) is 5.32 Å². The second-order valence-electron chi connectivity index (χ2n) is 5.24. The number of urea groups is 1. The second kappa shape index (κ2) is 8.82. The number of rotatable bonds is 5. The van der Waals surface area contributed by atoms with E-state index in [0.717, 1.165) is 6.07 Å². The molecule has 0 atom stereocenters. The molecule has 2 aromatic carbocycles. The molecule has 0 aliphatic rings. The van der Waals surface area contributed by atoms with Crippen LogP contribution >= 0.6 is 11.6 Å². The summed E-state index contributed by atoms with van der Waals surface area (Å²) < 4.78 is 13.5. The summed E-state index contributed by atoms with van der Waals surface area (Å²) in [5, 5.41) is 10.3. The molecule has 0 fully saturated rings. The van der Waals surface area contributed by atoms with Gasteiger partial charge in [-0.2, -0.15) is 0 Å². The van der Waals surface area contributed by atoms with Crippen molar-refractivity contribution in [2.75, 3.05) is 22.5 Å². The number of nitrogens with one attached hydrogen (secondary N) is 4. The maximum absolute atomic E-state index is 13.5. The van der Waals surface area contributed by atoms with Crippen LogP contribution in [-0.4, -0.2) is 24.4 Å². The predicted octanol–water partition coefficient (Wildman–Crippen LogP) is 3.20. The Kier molecular flexibility index (Phi) is 6.51. The Morgan fingerprint density at radius 2 is 1.62 bits per heavy atom. The molecule has 0 bridgehead atoms. The molecule has 26 heavy (non-hydrogen) atoms. The number of benzene rings is 2. The number of anilines is 3. The SMILES string of the molecule is CC(=O)Nc1cc(NC(=O)NCC(=O)Nc2ccc(Cl)cc2)ccc1F. The van der Waals surface area contributed by atoms with Gasteiger partial charge in [0.1, 0.15) is 5.82 Å². The Morgan fingerprint density at radius 3 is 2.27 bits per heavy atom. The number of carbonyl (C=O) groups is 3. The number of carbonyl (C=O) groups excluding carboxylic acids is 3. The van der Waals surface area contributed by atoms with Crippen LogP contribution in [0.5, 0.6) is 0 Å². The van der Waals surface area contributed by atoms with Crippen molar-refractivity contribution in [3.05, 3.63) is 53.3 Å². The Morgan fingerprint density at radius 1 is 0.962 bits per heavy atom. The Bertz CT molecular complexity index is 827. The number of halogens is 2. The summed E-state index contributed by atoms with van der Waals surface area (Å²) in [6.45, 7) is 0.972. The van der Waals surface area contributed by atoms with E-state index in [0.29, 0.717) is 10.7 Å². The first-order valence-corrected chi connectivity index (χ1v) is 7.88. The smallest absolute Gasteiger partial charge is 0.319 e. The average molecular weight is 379 g/mol. The minimum Gasteiger partial charge on any atom is -0.329 e. The molecule has 0 aromatic heterocycles. The maximum atomic E-state index is 13.5. The molecular weight excluding hydrogens is 363 g/mol. The monoisotopic (exact) mass is 378 g/mol. The summed E-state index contributed by atoms with van der Waals surface area (Å²) >= 11 is 5.75. The van der Waals surface area contributed by atoms with Crippen LogP contribution in [0.1, 0.15) is 6.92 Å². The summed E-state index contributed by atoms with van der Waals surface area (Å²) in [5.74, 6) is -1.50. The van der Waals surface area contributed by atoms with Gasteiger partial charge in [0.2, 0.25) is 11.8 Å². The third-order valence-electron chi connectivity index (χ3n) is 3.07. The van der Waals surface area contributed by atoms with Gasteiger partial charge in [0.05, 0.1) is 12.2 Å². The van der Waals surface area contributed by atoms with Crippen LogP contribution < -0.4 is 21.3 Å². The van der Waals surface area contributed by atoms with Crippen LogP contribution in [0.3, 0.4) is 0 Å². The van der Waals surface area contributed by atoms with Crippen LogP contribution in [0.15, 0.2) is 42.5 Å². The van der Waals surface area contributed by atoms with E-state index in [1.807, 2.05) is 0 Å². The van der Waals surface area contributed by atoms with E-state index in [-0.39, 0.29) is 17.9 Å². The van der Waals surface area contributed by atoms with Crippen molar-refractivity contribution < 1.29 is 18.8 Å². The summed E-state index contributed by atoms with van der Waals surface area (Å²) in [4.78, 5) is 34.6. The predicted molar refractivity (Wildman–Crippen MR) is 97.8 cm³/mol. The molecule has 0 saturated heterocycles. The highest BCUT2D eigenvalue weighted by atomic mass is 35.5. The van der Waals surface area contributed by atoms with Crippen LogP contribution in [0, 0.1) is 5.82 Å². The van der Waals surface area contributed by atoms with E-state index in [1.165, 1.54) is 19.1 Å². The van der Waals surface area contributed by atoms with E-state index in [2.05, 4.69) is 21.3 Å². The molecule has 0 spiro atoms. The van der Waals surface area contributed by atoms with Crippen molar-refractivity contribution in [1.29, 1.82) is 0 Å². The van der Waals surface area contributed by atoms with Crippen LogP contribution in [-0.2, 0) is 9.59 Å². The molecule has 7 nitrogen and oxygen atoms in total. The quantitative estimate of drug-likeness (QED) is 0.642. The minimum absolute atomic E-state index is 0.0595. The molecule has 0 aliphatic carbocycles. The first kappa shape index (κ1) is 19.2. The first-order chi connectivity index (χ1) is 12.3. The van der Waals surface area contributed by atoms with Gasteiger partial charge in [-0.3, -0.25) is 9.59 Å².